The normalized spacial score (nSPS) is 11.3. The van der Waals surface area contributed by atoms with Crippen LogP contribution in [-0.4, -0.2) is 22.1 Å². The molecule has 0 spiro atoms. The number of benzene rings is 3. The Labute approximate surface area is 175 Å². The molecule has 0 aliphatic rings. The molecule has 1 amide bonds. The topological polar surface area (TPSA) is 70.1 Å². The molecule has 0 saturated heterocycles. The second-order valence-electron chi connectivity index (χ2n) is 6.38. The number of rotatable bonds is 6. The molecule has 1 aromatic heterocycles. The van der Waals surface area contributed by atoms with E-state index in [9.17, 15) is 13.6 Å². The molecule has 3 aromatic carbocycles. The summed E-state index contributed by atoms with van der Waals surface area (Å²) in [6.45, 7) is 0. The number of carbonyl (C=O) groups excluding carboxylic acids is 1. The van der Waals surface area contributed by atoms with Crippen LogP contribution in [0.3, 0.4) is 0 Å². The number of hydrogen-bond acceptors (Lipinski definition) is 4. The van der Waals surface area contributed by atoms with Crippen molar-refractivity contribution in [3.63, 3.8) is 0 Å². The van der Waals surface area contributed by atoms with E-state index in [4.69, 9.17) is 0 Å². The summed E-state index contributed by atoms with van der Waals surface area (Å²) in [5.41, 5.74) is 5.28. The zero-order valence-electron chi connectivity index (χ0n) is 15.6. The van der Waals surface area contributed by atoms with E-state index in [1.807, 2.05) is 36.4 Å². The van der Waals surface area contributed by atoms with Crippen molar-refractivity contribution >= 4 is 34.9 Å². The van der Waals surface area contributed by atoms with E-state index < -0.39 is 17.5 Å². The predicted molar refractivity (Wildman–Crippen MR) is 114 cm³/mol. The third-order valence-corrected chi connectivity index (χ3v) is 5.26. The fourth-order valence-electron chi connectivity index (χ4n) is 2.76. The second kappa shape index (κ2) is 8.87. The Morgan fingerprint density at radius 3 is 2.50 bits per heavy atom. The molecule has 150 valence electrons. The van der Waals surface area contributed by atoms with Crippen LogP contribution in [0.15, 0.2) is 77.0 Å². The smallest absolute Gasteiger partial charge is 0.271 e. The number of H-pyrrole nitrogens is 1. The third-order valence-electron chi connectivity index (χ3n) is 4.32. The number of halogens is 2. The van der Waals surface area contributed by atoms with Gasteiger partial charge in [0.05, 0.1) is 22.8 Å². The summed E-state index contributed by atoms with van der Waals surface area (Å²) in [6, 6.07) is 18.3. The molecule has 0 fully saturated rings. The van der Waals surface area contributed by atoms with Gasteiger partial charge in [-0.3, -0.25) is 4.79 Å². The van der Waals surface area contributed by atoms with E-state index in [2.05, 4.69) is 20.5 Å². The van der Waals surface area contributed by atoms with Gasteiger partial charge in [0.25, 0.3) is 5.91 Å². The Balaban J connectivity index is 1.34. The van der Waals surface area contributed by atoms with Crippen LogP contribution in [0.1, 0.15) is 21.5 Å². The Hall–Kier alpha value is -3.52. The van der Waals surface area contributed by atoms with E-state index >= 15 is 0 Å². The van der Waals surface area contributed by atoms with E-state index in [1.54, 1.807) is 23.9 Å². The van der Waals surface area contributed by atoms with Crippen LogP contribution in [0.5, 0.6) is 0 Å². The summed E-state index contributed by atoms with van der Waals surface area (Å²) < 4.78 is 27.1. The van der Waals surface area contributed by atoms with Crippen molar-refractivity contribution in [2.75, 3.05) is 0 Å². The molecule has 0 atom stereocenters. The molecule has 2 N–H and O–H groups in total. The molecule has 0 radical (unpaired) electrons. The summed E-state index contributed by atoms with van der Waals surface area (Å²) in [5, 5.41) is 4.46. The van der Waals surface area contributed by atoms with Gasteiger partial charge in [0, 0.05) is 11.3 Å². The zero-order valence-corrected chi connectivity index (χ0v) is 16.4. The van der Waals surface area contributed by atoms with Crippen LogP contribution in [0.2, 0.25) is 0 Å². The number of carbonyl (C=O) groups is 1. The van der Waals surface area contributed by atoms with Crippen LogP contribution in [-0.2, 0) is 5.75 Å². The minimum atomic E-state index is -0.751. The number of fused-ring (bicyclic) bond motifs is 1. The number of para-hydroxylation sites is 2. The highest BCUT2D eigenvalue weighted by molar-refractivity contribution is 7.98. The molecule has 1 heterocycles. The minimum Gasteiger partial charge on any atom is -0.333 e. The first-order valence-electron chi connectivity index (χ1n) is 9.04. The van der Waals surface area contributed by atoms with Crippen molar-refractivity contribution in [1.29, 1.82) is 0 Å². The molecule has 0 saturated carbocycles. The maximum atomic E-state index is 13.5. The monoisotopic (exact) mass is 422 g/mol. The van der Waals surface area contributed by atoms with Crippen molar-refractivity contribution in [3.8, 4) is 0 Å². The zero-order chi connectivity index (χ0) is 20.9. The van der Waals surface area contributed by atoms with Crippen LogP contribution in [0.4, 0.5) is 8.78 Å². The predicted octanol–water partition coefficient (Wildman–Crippen LogP) is 4.90. The molecule has 8 heteroatoms. The summed E-state index contributed by atoms with van der Waals surface area (Å²) in [4.78, 5) is 19.9. The van der Waals surface area contributed by atoms with Gasteiger partial charge in [0.2, 0.25) is 0 Å². The lowest BCUT2D eigenvalue weighted by Crippen LogP contribution is -2.17. The highest BCUT2D eigenvalue weighted by Crippen LogP contribution is 2.23. The molecule has 0 bridgehead atoms. The van der Waals surface area contributed by atoms with Gasteiger partial charge in [-0.15, -0.1) is 0 Å². The molecular weight excluding hydrogens is 406 g/mol. The summed E-state index contributed by atoms with van der Waals surface area (Å²) in [6.07, 6.45) is 0.945. The number of aromatic nitrogens is 2. The maximum absolute atomic E-state index is 13.5. The number of hydrogen-bond donors (Lipinski definition) is 2. The summed E-state index contributed by atoms with van der Waals surface area (Å²) in [5.74, 6) is -1.29. The first-order chi connectivity index (χ1) is 14.6. The van der Waals surface area contributed by atoms with Gasteiger partial charge in [0.1, 0.15) is 11.6 Å². The highest BCUT2D eigenvalue weighted by Gasteiger charge is 2.08. The number of imidazole rings is 1. The lowest BCUT2D eigenvalue weighted by molar-refractivity contribution is 0.0955. The molecule has 30 heavy (non-hydrogen) atoms. The second-order valence-corrected chi connectivity index (χ2v) is 7.34. The average molecular weight is 422 g/mol. The number of aromatic amines is 1. The van der Waals surface area contributed by atoms with Gasteiger partial charge < -0.3 is 4.98 Å². The number of hydrazone groups is 1. The van der Waals surface area contributed by atoms with Gasteiger partial charge in [-0.1, -0.05) is 42.1 Å². The van der Waals surface area contributed by atoms with Crippen molar-refractivity contribution in [2.24, 2.45) is 5.10 Å². The van der Waals surface area contributed by atoms with Gasteiger partial charge in [-0.2, -0.15) is 5.10 Å². The van der Waals surface area contributed by atoms with Crippen LogP contribution >= 0.6 is 11.8 Å². The Morgan fingerprint density at radius 1 is 1.03 bits per heavy atom. The fourth-order valence-corrected chi connectivity index (χ4v) is 3.60. The fraction of sp³-hybridized carbons (Fsp3) is 0.0455. The molecule has 0 aliphatic carbocycles. The Kier molecular flexibility index (Phi) is 5.85. The maximum Gasteiger partial charge on any atom is 0.271 e. The van der Waals surface area contributed by atoms with Crippen LogP contribution in [0.25, 0.3) is 11.0 Å². The largest absolute Gasteiger partial charge is 0.333 e. The molecule has 0 unspecified atom stereocenters. The highest BCUT2D eigenvalue weighted by atomic mass is 32.2. The Bertz CT molecular complexity index is 1170. The molecule has 4 aromatic rings. The van der Waals surface area contributed by atoms with Crippen LogP contribution < -0.4 is 5.43 Å². The van der Waals surface area contributed by atoms with Crippen molar-refractivity contribution in [1.82, 2.24) is 15.4 Å². The molecule has 4 rings (SSSR count). The van der Waals surface area contributed by atoms with Crippen molar-refractivity contribution in [3.05, 3.63) is 95.1 Å². The van der Waals surface area contributed by atoms with Crippen molar-refractivity contribution in [2.45, 2.75) is 10.9 Å². The number of nitrogens with zero attached hydrogens (tertiary/aromatic N) is 2. The third kappa shape index (κ3) is 4.55. The van der Waals surface area contributed by atoms with E-state index in [0.29, 0.717) is 11.3 Å². The average Bonchev–Trinajstić information content (AvgIpc) is 3.18. The number of amides is 1. The molecule has 0 aliphatic heterocycles. The summed E-state index contributed by atoms with van der Waals surface area (Å²) >= 11 is 1.57. The van der Waals surface area contributed by atoms with E-state index in [0.717, 1.165) is 40.1 Å². The van der Waals surface area contributed by atoms with Gasteiger partial charge in [0.15, 0.2) is 5.16 Å². The lowest BCUT2D eigenvalue weighted by Gasteiger charge is -2.03. The standard InChI is InChI=1S/C22H16F2N4OS/c23-17-4-3-5-18(24)16(17)12-25-28-21(29)15-10-8-14(9-11-15)13-30-22-26-19-6-1-2-7-20(19)27-22/h1-12H,13H2,(H,26,27)(H,28,29). The number of thioether (sulfide) groups is 1. The van der Waals surface area contributed by atoms with Crippen LogP contribution in [0, 0.1) is 11.6 Å². The first-order valence-corrected chi connectivity index (χ1v) is 10.0. The lowest BCUT2D eigenvalue weighted by atomic mass is 10.1. The summed E-state index contributed by atoms with van der Waals surface area (Å²) in [7, 11) is 0. The SMILES string of the molecule is O=C(NN=Cc1c(F)cccc1F)c1ccc(CSc2nc3ccccc3[nH]2)cc1. The van der Waals surface area contributed by atoms with Crippen molar-refractivity contribution < 1.29 is 13.6 Å². The van der Waals surface area contributed by atoms with Gasteiger partial charge >= 0.3 is 0 Å². The molecular formula is C22H16F2N4OS. The minimum absolute atomic E-state index is 0.309. The van der Waals surface area contributed by atoms with Gasteiger partial charge in [-0.25, -0.2) is 19.2 Å². The number of nitrogens with one attached hydrogen (secondary N) is 2. The molecule has 5 nitrogen and oxygen atoms in total. The first kappa shape index (κ1) is 19.8. The van der Waals surface area contributed by atoms with Gasteiger partial charge in [-0.05, 0) is 42.0 Å². The Morgan fingerprint density at radius 2 is 1.77 bits per heavy atom. The quantitative estimate of drug-likeness (QED) is 0.264. The van der Waals surface area contributed by atoms with E-state index in [-0.39, 0.29) is 5.56 Å². The van der Waals surface area contributed by atoms with E-state index in [1.165, 1.54) is 6.07 Å².